The van der Waals surface area contributed by atoms with Crippen molar-refractivity contribution in [3.8, 4) is 0 Å². The predicted molar refractivity (Wildman–Crippen MR) is 66.9 cm³/mol. The Labute approximate surface area is 115 Å². The first-order valence-corrected chi connectivity index (χ1v) is 6.22. The molecular weight excluding hydrogens is 266 g/mol. The number of rotatable bonds is 5. The van der Waals surface area contributed by atoms with Gasteiger partial charge < -0.3 is 20.5 Å². The normalized spacial score (nSPS) is 25.4. The minimum Gasteiger partial charge on any atom is -0.481 e. The lowest BCUT2D eigenvalue weighted by atomic mass is 9.85. The molecule has 3 N–H and O–H groups in total. The molecule has 1 aliphatic heterocycles. The summed E-state index contributed by atoms with van der Waals surface area (Å²) < 4.78 is 6.74. The number of nitrogens with zero attached hydrogens (tertiary/aromatic N) is 3. The number of ether oxygens (including phenoxy) is 1. The number of urea groups is 1. The minimum atomic E-state index is -1.09. The number of aromatic nitrogens is 3. The molecule has 0 aliphatic carbocycles. The Morgan fingerprint density at radius 2 is 2.40 bits per heavy atom. The van der Waals surface area contributed by atoms with E-state index >= 15 is 0 Å². The van der Waals surface area contributed by atoms with Crippen molar-refractivity contribution in [2.75, 3.05) is 19.8 Å². The molecule has 0 spiro atoms. The van der Waals surface area contributed by atoms with Crippen molar-refractivity contribution in [3.05, 3.63) is 12.4 Å². The Kier molecular flexibility index (Phi) is 4.18. The quantitative estimate of drug-likeness (QED) is 0.642. The van der Waals surface area contributed by atoms with Gasteiger partial charge in [0.1, 0.15) is 5.41 Å². The Bertz CT molecular complexity index is 477. The average molecular weight is 283 g/mol. The zero-order chi connectivity index (χ0) is 14.6. The average Bonchev–Trinajstić information content (AvgIpc) is 3.01. The molecule has 2 unspecified atom stereocenters. The van der Waals surface area contributed by atoms with Crippen LogP contribution in [-0.4, -0.2) is 57.9 Å². The van der Waals surface area contributed by atoms with Gasteiger partial charge in [-0.2, -0.15) is 0 Å². The Balaban J connectivity index is 1.78. The Hall–Kier alpha value is -2.16. The van der Waals surface area contributed by atoms with E-state index in [0.29, 0.717) is 13.1 Å². The number of hydrogen-bond donors (Lipinski definition) is 3. The number of carboxylic acid groups (broad SMARTS) is 1. The number of amides is 2. The molecule has 110 valence electrons. The minimum absolute atomic E-state index is 0.0895. The lowest BCUT2D eigenvalue weighted by Gasteiger charge is -2.25. The van der Waals surface area contributed by atoms with E-state index in [9.17, 15) is 14.7 Å². The van der Waals surface area contributed by atoms with Crippen LogP contribution in [0.5, 0.6) is 0 Å². The molecule has 2 atom stereocenters. The number of carbonyl (C=O) groups excluding carboxylic acids is 1. The monoisotopic (exact) mass is 283 g/mol. The van der Waals surface area contributed by atoms with E-state index in [-0.39, 0.29) is 13.2 Å². The molecule has 9 nitrogen and oxygen atoms in total. The highest BCUT2D eigenvalue weighted by Crippen LogP contribution is 2.28. The highest BCUT2D eigenvalue weighted by molar-refractivity contribution is 5.79. The fraction of sp³-hybridized carbons (Fsp3) is 0.636. The zero-order valence-electron chi connectivity index (χ0n) is 11.1. The fourth-order valence-electron chi connectivity index (χ4n) is 1.93. The maximum Gasteiger partial charge on any atom is 0.315 e. The summed E-state index contributed by atoms with van der Waals surface area (Å²) in [6.45, 7) is 2.70. The van der Waals surface area contributed by atoms with Gasteiger partial charge in [0.15, 0.2) is 0 Å². The maximum atomic E-state index is 11.7. The van der Waals surface area contributed by atoms with Gasteiger partial charge in [-0.3, -0.25) is 9.48 Å². The lowest BCUT2D eigenvalue weighted by molar-refractivity contribution is -0.148. The summed E-state index contributed by atoms with van der Waals surface area (Å²) in [7, 11) is 0. The standard InChI is InChI=1S/C11H17N5O4/c1-11(9(17)18)7-20-6-8(11)14-10(19)12-2-4-16-5-3-13-15-16/h3,5,8H,2,4,6-7H2,1H3,(H,17,18)(H2,12,14,19). The van der Waals surface area contributed by atoms with Gasteiger partial charge in [0.2, 0.25) is 0 Å². The molecule has 0 radical (unpaired) electrons. The summed E-state index contributed by atoms with van der Waals surface area (Å²) in [5, 5.41) is 21.9. The molecule has 2 rings (SSSR count). The predicted octanol–water partition coefficient (Wildman–Crippen LogP) is -0.933. The van der Waals surface area contributed by atoms with Crippen molar-refractivity contribution >= 4 is 12.0 Å². The molecule has 0 saturated carbocycles. The zero-order valence-corrected chi connectivity index (χ0v) is 11.1. The molecule has 9 heteroatoms. The third kappa shape index (κ3) is 3.05. The molecule has 0 bridgehead atoms. The second kappa shape index (κ2) is 5.87. The van der Waals surface area contributed by atoms with E-state index in [4.69, 9.17) is 4.74 Å². The van der Waals surface area contributed by atoms with Crippen LogP contribution in [-0.2, 0) is 16.1 Å². The van der Waals surface area contributed by atoms with Crippen molar-refractivity contribution < 1.29 is 19.4 Å². The smallest absolute Gasteiger partial charge is 0.315 e. The first kappa shape index (κ1) is 14.3. The lowest BCUT2D eigenvalue weighted by Crippen LogP contribution is -2.52. The highest BCUT2D eigenvalue weighted by Gasteiger charge is 2.47. The summed E-state index contributed by atoms with van der Waals surface area (Å²) in [4.78, 5) is 22.9. The van der Waals surface area contributed by atoms with Crippen LogP contribution in [0.25, 0.3) is 0 Å². The van der Waals surface area contributed by atoms with E-state index in [2.05, 4.69) is 20.9 Å². The molecule has 20 heavy (non-hydrogen) atoms. The molecule has 2 amide bonds. The maximum absolute atomic E-state index is 11.7. The van der Waals surface area contributed by atoms with Crippen LogP contribution in [0.2, 0.25) is 0 Å². The number of carbonyl (C=O) groups is 2. The van der Waals surface area contributed by atoms with Crippen molar-refractivity contribution in [1.82, 2.24) is 25.6 Å². The van der Waals surface area contributed by atoms with Gasteiger partial charge >= 0.3 is 12.0 Å². The first-order valence-electron chi connectivity index (χ1n) is 6.22. The third-order valence-corrected chi connectivity index (χ3v) is 3.35. The molecule has 1 aliphatic rings. The fourth-order valence-corrected chi connectivity index (χ4v) is 1.93. The van der Waals surface area contributed by atoms with Gasteiger partial charge in [-0.05, 0) is 6.92 Å². The van der Waals surface area contributed by atoms with Crippen molar-refractivity contribution in [2.24, 2.45) is 5.41 Å². The Morgan fingerprint density at radius 1 is 1.60 bits per heavy atom. The van der Waals surface area contributed by atoms with E-state index in [1.807, 2.05) is 0 Å². The SMILES string of the molecule is CC1(C(=O)O)COCC1NC(=O)NCCn1ccnn1. The molecule has 1 fully saturated rings. The van der Waals surface area contributed by atoms with Crippen molar-refractivity contribution in [1.29, 1.82) is 0 Å². The first-order chi connectivity index (χ1) is 9.52. The molecule has 1 aromatic heterocycles. The van der Waals surface area contributed by atoms with Crippen LogP contribution < -0.4 is 10.6 Å². The van der Waals surface area contributed by atoms with Gasteiger partial charge in [0, 0.05) is 12.7 Å². The van der Waals surface area contributed by atoms with E-state index in [1.54, 1.807) is 24.0 Å². The summed E-state index contributed by atoms with van der Waals surface area (Å²) in [6.07, 6.45) is 3.24. The molecule has 1 saturated heterocycles. The molecule has 2 heterocycles. The number of hydrogen-bond acceptors (Lipinski definition) is 5. The van der Waals surface area contributed by atoms with Gasteiger partial charge in [-0.1, -0.05) is 5.21 Å². The summed E-state index contributed by atoms with van der Waals surface area (Å²) in [5.74, 6) is -0.983. The number of carboxylic acids is 1. The second-order valence-electron chi connectivity index (χ2n) is 4.86. The summed E-state index contributed by atoms with van der Waals surface area (Å²) >= 11 is 0. The van der Waals surface area contributed by atoms with E-state index in [0.717, 1.165) is 0 Å². The van der Waals surface area contributed by atoms with Crippen LogP contribution >= 0.6 is 0 Å². The van der Waals surface area contributed by atoms with Crippen molar-refractivity contribution in [2.45, 2.75) is 19.5 Å². The van der Waals surface area contributed by atoms with Crippen molar-refractivity contribution in [3.63, 3.8) is 0 Å². The summed E-state index contributed by atoms with van der Waals surface area (Å²) in [6, 6.07) is -0.973. The van der Waals surface area contributed by atoms with Crippen LogP contribution in [0, 0.1) is 5.41 Å². The van der Waals surface area contributed by atoms with Crippen LogP contribution in [0.15, 0.2) is 12.4 Å². The molecular formula is C11H17N5O4. The number of aliphatic carboxylic acids is 1. The highest BCUT2D eigenvalue weighted by atomic mass is 16.5. The van der Waals surface area contributed by atoms with Crippen LogP contribution in [0.3, 0.4) is 0 Å². The number of nitrogens with one attached hydrogen (secondary N) is 2. The van der Waals surface area contributed by atoms with Crippen LogP contribution in [0.1, 0.15) is 6.92 Å². The second-order valence-corrected chi connectivity index (χ2v) is 4.86. The largest absolute Gasteiger partial charge is 0.481 e. The van der Waals surface area contributed by atoms with Gasteiger partial charge in [-0.15, -0.1) is 5.10 Å². The van der Waals surface area contributed by atoms with E-state index in [1.165, 1.54) is 0 Å². The van der Waals surface area contributed by atoms with Gasteiger partial charge in [-0.25, -0.2) is 4.79 Å². The Morgan fingerprint density at radius 3 is 3.05 bits per heavy atom. The third-order valence-electron chi connectivity index (χ3n) is 3.35. The van der Waals surface area contributed by atoms with Crippen LogP contribution in [0.4, 0.5) is 4.79 Å². The van der Waals surface area contributed by atoms with Gasteiger partial charge in [0.05, 0.1) is 32.0 Å². The molecule has 1 aromatic rings. The van der Waals surface area contributed by atoms with E-state index < -0.39 is 23.5 Å². The van der Waals surface area contributed by atoms with Gasteiger partial charge in [0.25, 0.3) is 0 Å². The molecule has 0 aromatic carbocycles. The summed E-state index contributed by atoms with van der Waals surface area (Å²) in [5.41, 5.74) is -1.09. The topological polar surface area (TPSA) is 118 Å².